The van der Waals surface area contributed by atoms with Crippen molar-refractivity contribution >= 4 is 31.5 Å². The minimum atomic E-state index is -3.88. The van der Waals surface area contributed by atoms with Gasteiger partial charge >= 0.3 is 0 Å². The number of thiophene rings is 1. The number of hydrogen-bond acceptors (Lipinski definition) is 6. The van der Waals surface area contributed by atoms with E-state index >= 15 is 0 Å². The SMILES string of the molecule is Cc1nc(OCc2ccccc2)c(COS(=O)(=O)c2ccccc2)c2sccc12. The molecule has 0 N–H and O–H groups in total. The molecule has 0 atom stereocenters. The summed E-state index contributed by atoms with van der Waals surface area (Å²) in [5.74, 6) is 0.393. The van der Waals surface area contributed by atoms with Crippen molar-refractivity contribution in [1.82, 2.24) is 4.98 Å². The quantitative estimate of drug-likeness (QED) is 0.386. The molecule has 0 amide bonds. The van der Waals surface area contributed by atoms with E-state index in [0.717, 1.165) is 21.3 Å². The fourth-order valence-electron chi connectivity index (χ4n) is 2.97. The van der Waals surface area contributed by atoms with Gasteiger partial charge in [0.05, 0.1) is 22.8 Å². The van der Waals surface area contributed by atoms with Crippen molar-refractivity contribution in [3.63, 3.8) is 0 Å². The van der Waals surface area contributed by atoms with E-state index in [1.807, 2.05) is 48.7 Å². The zero-order valence-corrected chi connectivity index (χ0v) is 17.4. The van der Waals surface area contributed by atoms with Crippen LogP contribution >= 0.6 is 11.3 Å². The van der Waals surface area contributed by atoms with Gasteiger partial charge < -0.3 is 4.74 Å². The van der Waals surface area contributed by atoms with E-state index in [4.69, 9.17) is 8.92 Å². The van der Waals surface area contributed by atoms with Gasteiger partial charge in [0.15, 0.2) is 0 Å². The molecular formula is C22H19NO4S2. The van der Waals surface area contributed by atoms with E-state index in [1.165, 1.54) is 23.5 Å². The molecule has 0 fully saturated rings. The maximum absolute atomic E-state index is 12.6. The molecule has 2 heterocycles. The van der Waals surface area contributed by atoms with Crippen LogP contribution in [0.15, 0.2) is 77.0 Å². The highest BCUT2D eigenvalue weighted by Crippen LogP contribution is 2.34. The van der Waals surface area contributed by atoms with Crippen molar-refractivity contribution in [3.8, 4) is 5.88 Å². The lowest BCUT2D eigenvalue weighted by atomic mass is 10.2. The Bertz CT molecular complexity index is 1220. The largest absolute Gasteiger partial charge is 0.472 e. The number of rotatable bonds is 7. The third-order valence-electron chi connectivity index (χ3n) is 4.47. The second-order valence-electron chi connectivity index (χ2n) is 6.45. The molecule has 5 nitrogen and oxygen atoms in total. The van der Waals surface area contributed by atoms with Crippen LogP contribution < -0.4 is 4.74 Å². The summed E-state index contributed by atoms with van der Waals surface area (Å²) < 4.78 is 37.4. The van der Waals surface area contributed by atoms with Crippen molar-refractivity contribution in [1.29, 1.82) is 0 Å². The predicted octanol–water partition coefficient (Wildman–Crippen LogP) is 5.09. The van der Waals surface area contributed by atoms with Gasteiger partial charge in [-0.15, -0.1) is 11.3 Å². The molecule has 2 aromatic heterocycles. The Balaban J connectivity index is 1.65. The van der Waals surface area contributed by atoms with Crippen LogP contribution in [0.25, 0.3) is 10.1 Å². The standard InChI is InChI=1S/C22H19NO4S2/c1-16-19-12-13-28-21(19)20(15-27-29(24,25)18-10-6-3-7-11-18)22(23-16)26-14-17-8-4-2-5-9-17/h2-13H,14-15H2,1H3. The van der Waals surface area contributed by atoms with Crippen molar-refractivity contribution in [2.75, 3.05) is 0 Å². The van der Waals surface area contributed by atoms with E-state index in [2.05, 4.69) is 4.98 Å². The number of nitrogens with zero attached hydrogens (tertiary/aromatic N) is 1. The van der Waals surface area contributed by atoms with Gasteiger partial charge in [-0.3, -0.25) is 4.18 Å². The van der Waals surface area contributed by atoms with Crippen LogP contribution in [0.4, 0.5) is 0 Å². The molecule has 0 aliphatic carbocycles. The maximum Gasteiger partial charge on any atom is 0.297 e. The molecule has 148 valence electrons. The van der Waals surface area contributed by atoms with Crippen LogP contribution in [-0.4, -0.2) is 13.4 Å². The fraction of sp³-hybridized carbons (Fsp3) is 0.136. The zero-order chi connectivity index (χ0) is 20.3. The number of pyridine rings is 1. The average Bonchev–Trinajstić information content (AvgIpc) is 3.24. The number of aryl methyl sites for hydroxylation is 1. The molecule has 29 heavy (non-hydrogen) atoms. The number of ether oxygens (including phenoxy) is 1. The van der Waals surface area contributed by atoms with Gasteiger partial charge in [-0.25, -0.2) is 4.98 Å². The van der Waals surface area contributed by atoms with Crippen molar-refractivity contribution in [2.45, 2.75) is 25.0 Å². The fourth-order valence-corrected chi connectivity index (χ4v) is 4.84. The summed E-state index contributed by atoms with van der Waals surface area (Å²) >= 11 is 1.52. The molecule has 0 saturated carbocycles. The van der Waals surface area contributed by atoms with E-state index in [0.29, 0.717) is 18.1 Å². The van der Waals surface area contributed by atoms with E-state index in [1.54, 1.807) is 18.2 Å². The van der Waals surface area contributed by atoms with Gasteiger partial charge in [-0.1, -0.05) is 48.5 Å². The normalized spacial score (nSPS) is 11.6. The predicted molar refractivity (Wildman–Crippen MR) is 114 cm³/mol. The third-order valence-corrected chi connectivity index (χ3v) is 6.72. The monoisotopic (exact) mass is 425 g/mol. The van der Waals surface area contributed by atoms with Crippen LogP contribution in [0.2, 0.25) is 0 Å². The van der Waals surface area contributed by atoms with Gasteiger partial charge in [0.1, 0.15) is 6.61 Å². The molecule has 0 radical (unpaired) electrons. The van der Waals surface area contributed by atoms with Crippen molar-refractivity contribution < 1.29 is 17.3 Å². The highest BCUT2D eigenvalue weighted by Gasteiger charge is 2.20. The first-order valence-corrected chi connectivity index (χ1v) is 11.3. The van der Waals surface area contributed by atoms with Gasteiger partial charge in [0.25, 0.3) is 10.1 Å². The van der Waals surface area contributed by atoms with Gasteiger partial charge in [0, 0.05) is 10.1 Å². The molecule has 4 rings (SSSR count). The maximum atomic E-state index is 12.6. The van der Waals surface area contributed by atoms with E-state index < -0.39 is 10.1 Å². The highest BCUT2D eigenvalue weighted by molar-refractivity contribution is 7.86. The molecule has 0 saturated heterocycles. The Labute approximate surface area is 173 Å². The molecule has 0 bridgehead atoms. The Kier molecular flexibility index (Phi) is 5.62. The molecule has 2 aromatic carbocycles. The van der Waals surface area contributed by atoms with Crippen molar-refractivity contribution in [2.24, 2.45) is 0 Å². The number of hydrogen-bond donors (Lipinski definition) is 0. The van der Waals surface area contributed by atoms with Crippen LogP contribution in [0.1, 0.15) is 16.8 Å². The van der Waals surface area contributed by atoms with Gasteiger partial charge in [-0.05, 0) is 36.1 Å². The van der Waals surface area contributed by atoms with Crippen molar-refractivity contribution in [3.05, 3.63) is 88.9 Å². The Morgan fingerprint density at radius 3 is 2.34 bits per heavy atom. The zero-order valence-electron chi connectivity index (χ0n) is 15.7. The van der Waals surface area contributed by atoms with Crippen LogP contribution in [0, 0.1) is 6.92 Å². The Morgan fingerprint density at radius 2 is 1.62 bits per heavy atom. The summed E-state index contributed by atoms with van der Waals surface area (Å²) in [5, 5.41) is 2.92. The summed E-state index contributed by atoms with van der Waals surface area (Å²) in [6.07, 6.45) is 0. The summed E-state index contributed by atoms with van der Waals surface area (Å²) in [7, 11) is -3.88. The molecule has 0 unspecified atom stereocenters. The average molecular weight is 426 g/mol. The minimum Gasteiger partial charge on any atom is -0.472 e. The second kappa shape index (κ2) is 8.32. The molecular weight excluding hydrogens is 406 g/mol. The van der Waals surface area contributed by atoms with Gasteiger partial charge in [0.2, 0.25) is 5.88 Å². The first-order valence-electron chi connectivity index (χ1n) is 9.02. The summed E-state index contributed by atoms with van der Waals surface area (Å²) in [6, 6.07) is 19.8. The summed E-state index contributed by atoms with van der Waals surface area (Å²) in [6.45, 7) is 2.10. The third kappa shape index (κ3) is 4.32. The molecule has 0 spiro atoms. The molecule has 4 aromatic rings. The van der Waals surface area contributed by atoms with Crippen LogP contribution in [0.5, 0.6) is 5.88 Å². The smallest absolute Gasteiger partial charge is 0.297 e. The second-order valence-corrected chi connectivity index (χ2v) is 8.98. The molecule has 0 aliphatic rings. The van der Waals surface area contributed by atoms with Crippen LogP contribution in [0.3, 0.4) is 0 Å². The van der Waals surface area contributed by atoms with E-state index in [-0.39, 0.29) is 11.5 Å². The lowest BCUT2D eigenvalue weighted by molar-refractivity contribution is 0.269. The first-order chi connectivity index (χ1) is 14.0. The molecule has 7 heteroatoms. The number of fused-ring (bicyclic) bond motifs is 1. The summed E-state index contributed by atoms with van der Waals surface area (Å²) in [5.41, 5.74) is 2.47. The lowest BCUT2D eigenvalue weighted by Gasteiger charge is -2.13. The van der Waals surface area contributed by atoms with E-state index in [9.17, 15) is 8.42 Å². The number of aromatic nitrogens is 1. The Hall–Kier alpha value is -2.74. The minimum absolute atomic E-state index is 0.120. The Morgan fingerprint density at radius 1 is 0.931 bits per heavy atom. The number of benzene rings is 2. The first kappa shape index (κ1) is 19.6. The van der Waals surface area contributed by atoms with Crippen LogP contribution in [-0.2, 0) is 27.5 Å². The summed E-state index contributed by atoms with van der Waals surface area (Å²) in [4.78, 5) is 4.69. The molecule has 0 aliphatic heterocycles. The topological polar surface area (TPSA) is 65.5 Å². The lowest BCUT2D eigenvalue weighted by Crippen LogP contribution is -2.09. The highest BCUT2D eigenvalue weighted by atomic mass is 32.2. The van der Waals surface area contributed by atoms with Gasteiger partial charge in [-0.2, -0.15) is 8.42 Å².